The minimum atomic E-state index is -4.43. The maximum Gasteiger partial charge on any atom is 0.416 e. The Morgan fingerprint density at radius 3 is 2.32 bits per heavy atom. The molecule has 1 saturated heterocycles. The average molecular weight is 398 g/mol. The maximum atomic E-state index is 13.0. The van der Waals surface area contributed by atoms with Crippen molar-refractivity contribution < 1.29 is 27.4 Å². The van der Waals surface area contributed by atoms with Crippen LogP contribution in [0.25, 0.3) is 0 Å². The number of aliphatic hydroxyl groups is 1. The monoisotopic (exact) mass is 398 g/mol. The minimum Gasteiger partial charge on any atom is -0.491 e. The van der Waals surface area contributed by atoms with Gasteiger partial charge in [0.15, 0.2) is 0 Å². The first-order valence-corrected chi connectivity index (χ1v) is 9.02. The topological polar surface area (TPSA) is 35.9 Å². The third-order valence-electron chi connectivity index (χ3n) is 4.64. The van der Waals surface area contributed by atoms with Gasteiger partial charge < -0.3 is 14.7 Å². The second-order valence-corrected chi connectivity index (χ2v) is 6.75. The normalized spacial score (nSPS) is 16.8. The third kappa shape index (κ3) is 5.59. The van der Waals surface area contributed by atoms with Crippen molar-refractivity contribution in [2.75, 3.05) is 44.2 Å². The molecule has 0 spiro atoms. The molecule has 0 radical (unpaired) electrons. The van der Waals surface area contributed by atoms with E-state index in [0.717, 1.165) is 44.0 Å². The maximum absolute atomic E-state index is 13.0. The molecule has 2 aromatic rings. The predicted molar refractivity (Wildman–Crippen MR) is 98.0 cm³/mol. The van der Waals surface area contributed by atoms with E-state index in [9.17, 15) is 22.7 Å². The molecule has 1 N–H and O–H groups in total. The lowest BCUT2D eigenvalue weighted by Crippen LogP contribution is -2.49. The van der Waals surface area contributed by atoms with Gasteiger partial charge in [0, 0.05) is 38.4 Å². The van der Waals surface area contributed by atoms with Gasteiger partial charge in [0.05, 0.1) is 5.56 Å². The lowest BCUT2D eigenvalue weighted by Gasteiger charge is -2.36. The first kappa shape index (κ1) is 20.4. The Kier molecular flexibility index (Phi) is 6.41. The summed E-state index contributed by atoms with van der Waals surface area (Å²) in [5.41, 5.74) is 0.172. The second-order valence-electron chi connectivity index (χ2n) is 6.75. The molecule has 1 atom stereocenters. The standard InChI is InChI=1S/C20H22F4N2O2/c21-16-4-6-17(7-5-16)26-10-8-25(9-11-26)13-18(27)14-28-19-3-1-2-15(12-19)20(22,23)24/h1-7,12,18,27H,8-11,13-14H2/t18-/m1/s1. The van der Waals surface area contributed by atoms with Crippen molar-refractivity contribution in [3.63, 3.8) is 0 Å². The lowest BCUT2D eigenvalue weighted by atomic mass is 10.2. The summed E-state index contributed by atoms with van der Waals surface area (Å²) in [5.74, 6) is -0.193. The summed E-state index contributed by atoms with van der Waals surface area (Å²) in [6.07, 6.45) is -5.24. The minimum absolute atomic E-state index is 0.0787. The highest BCUT2D eigenvalue weighted by Crippen LogP contribution is 2.31. The number of benzene rings is 2. The van der Waals surface area contributed by atoms with E-state index < -0.39 is 17.8 Å². The number of ether oxygens (including phenoxy) is 1. The summed E-state index contributed by atoms with van der Waals surface area (Å²) >= 11 is 0. The molecule has 0 unspecified atom stereocenters. The van der Waals surface area contributed by atoms with Crippen LogP contribution >= 0.6 is 0 Å². The van der Waals surface area contributed by atoms with Crippen LogP contribution in [0.1, 0.15) is 5.56 Å². The predicted octanol–water partition coefficient (Wildman–Crippen LogP) is 3.41. The molecule has 1 heterocycles. The van der Waals surface area contributed by atoms with E-state index in [1.807, 2.05) is 0 Å². The van der Waals surface area contributed by atoms with E-state index in [4.69, 9.17) is 4.74 Å². The number of piperazine rings is 1. The van der Waals surface area contributed by atoms with Gasteiger partial charge in [0.25, 0.3) is 0 Å². The van der Waals surface area contributed by atoms with Crippen molar-refractivity contribution in [3.8, 4) is 5.75 Å². The van der Waals surface area contributed by atoms with Gasteiger partial charge in [-0.2, -0.15) is 13.2 Å². The Morgan fingerprint density at radius 1 is 1.00 bits per heavy atom. The Balaban J connectivity index is 1.43. The van der Waals surface area contributed by atoms with Crippen molar-refractivity contribution >= 4 is 5.69 Å². The highest BCUT2D eigenvalue weighted by atomic mass is 19.4. The molecule has 0 aliphatic carbocycles. The Hall–Kier alpha value is -2.32. The molecule has 1 aliphatic rings. The van der Waals surface area contributed by atoms with Crippen molar-refractivity contribution in [3.05, 3.63) is 59.9 Å². The van der Waals surface area contributed by atoms with Gasteiger partial charge in [-0.25, -0.2) is 4.39 Å². The molecular formula is C20H22F4N2O2. The fraction of sp³-hybridized carbons (Fsp3) is 0.400. The second kappa shape index (κ2) is 8.79. The fourth-order valence-corrected chi connectivity index (χ4v) is 3.15. The molecule has 0 amide bonds. The number of aliphatic hydroxyl groups excluding tert-OH is 1. The largest absolute Gasteiger partial charge is 0.491 e. The third-order valence-corrected chi connectivity index (χ3v) is 4.64. The van der Waals surface area contributed by atoms with Gasteiger partial charge in [0.1, 0.15) is 24.3 Å². The Labute approximate surface area is 160 Å². The van der Waals surface area contributed by atoms with E-state index in [0.29, 0.717) is 6.54 Å². The zero-order valence-electron chi connectivity index (χ0n) is 15.2. The Bertz CT molecular complexity index is 760. The molecule has 28 heavy (non-hydrogen) atoms. The van der Waals surface area contributed by atoms with Crippen LogP contribution in [0.3, 0.4) is 0 Å². The number of hydrogen-bond acceptors (Lipinski definition) is 4. The van der Waals surface area contributed by atoms with Crippen LogP contribution in [-0.4, -0.2) is 55.4 Å². The van der Waals surface area contributed by atoms with Gasteiger partial charge in [-0.15, -0.1) is 0 Å². The zero-order valence-corrected chi connectivity index (χ0v) is 15.2. The summed E-state index contributed by atoms with van der Waals surface area (Å²) in [6.45, 7) is 3.21. The van der Waals surface area contributed by atoms with Gasteiger partial charge in [-0.3, -0.25) is 4.90 Å². The molecule has 4 nitrogen and oxygen atoms in total. The molecule has 0 aromatic heterocycles. The van der Waals surface area contributed by atoms with Crippen LogP contribution in [0.15, 0.2) is 48.5 Å². The fourth-order valence-electron chi connectivity index (χ4n) is 3.15. The average Bonchev–Trinajstić information content (AvgIpc) is 2.67. The number of alkyl halides is 3. The molecule has 3 rings (SSSR count). The van der Waals surface area contributed by atoms with Crippen LogP contribution in [0.5, 0.6) is 5.75 Å². The van der Waals surface area contributed by atoms with Gasteiger partial charge >= 0.3 is 6.18 Å². The van der Waals surface area contributed by atoms with Gasteiger partial charge in [0.2, 0.25) is 0 Å². The summed E-state index contributed by atoms with van der Waals surface area (Å²) in [7, 11) is 0. The number of β-amino-alcohol motifs (C(OH)–C–C–N with tert-alkyl or cyclic N) is 1. The first-order valence-electron chi connectivity index (χ1n) is 9.02. The van der Waals surface area contributed by atoms with E-state index in [2.05, 4.69) is 9.80 Å². The smallest absolute Gasteiger partial charge is 0.416 e. The summed E-state index contributed by atoms with van der Waals surface area (Å²) in [6, 6.07) is 10.9. The number of hydrogen-bond donors (Lipinski definition) is 1. The van der Waals surface area contributed by atoms with Crippen LogP contribution in [0.4, 0.5) is 23.2 Å². The van der Waals surface area contributed by atoms with Gasteiger partial charge in [-0.1, -0.05) is 6.07 Å². The molecule has 152 valence electrons. The van der Waals surface area contributed by atoms with Crippen molar-refractivity contribution in [1.82, 2.24) is 4.90 Å². The van der Waals surface area contributed by atoms with Crippen molar-refractivity contribution in [2.24, 2.45) is 0 Å². The molecular weight excluding hydrogens is 376 g/mol. The summed E-state index contributed by atoms with van der Waals surface area (Å²) in [4.78, 5) is 4.21. The van der Waals surface area contributed by atoms with E-state index >= 15 is 0 Å². The van der Waals surface area contributed by atoms with Gasteiger partial charge in [-0.05, 0) is 42.5 Å². The van der Waals surface area contributed by atoms with E-state index in [1.54, 1.807) is 12.1 Å². The highest BCUT2D eigenvalue weighted by molar-refractivity contribution is 5.46. The Morgan fingerprint density at radius 2 is 1.68 bits per heavy atom. The van der Waals surface area contributed by atoms with Crippen molar-refractivity contribution in [2.45, 2.75) is 12.3 Å². The zero-order chi connectivity index (χ0) is 20.1. The molecule has 8 heteroatoms. The number of halogens is 4. The number of rotatable bonds is 6. The first-order chi connectivity index (χ1) is 13.3. The molecule has 1 aliphatic heterocycles. The molecule has 0 saturated carbocycles. The number of nitrogens with zero attached hydrogens (tertiary/aromatic N) is 2. The van der Waals surface area contributed by atoms with E-state index in [1.165, 1.54) is 24.3 Å². The van der Waals surface area contributed by atoms with Crippen LogP contribution in [0, 0.1) is 5.82 Å². The molecule has 0 bridgehead atoms. The molecule has 1 fully saturated rings. The SMILES string of the molecule is O[C@@H](COc1cccc(C(F)(F)F)c1)CN1CCN(c2ccc(F)cc2)CC1. The quantitative estimate of drug-likeness (QED) is 0.757. The van der Waals surface area contributed by atoms with Crippen LogP contribution in [-0.2, 0) is 6.18 Å². The van der Waals surface area contributed by atoms with Crippen LogP contribution < -0.4 is 9.64 Å². The molecule has 2 aromatic carbocycles. The summed E-state index contributed by atoms with van der Waals surface area (Å²) in [5, 5.41) is 10.2. The van der Waals surface area contributed by atoms with E-state index in [-0.39, 0.29) is 18.2 Å². The highest BCUT2D eigenvalue weighted by Gasteiger charge is 2.30. The lowest BCUT2D eigenvalue weighted by molar-refractivity contribution is -0.137. The van der Waals surface area contributed by atoms with Crippen molar-refractivity contribution in [1.29, 1.82) is 0 Å². The number of anilines is 1. The van der Waals surface area contributed by atoms with Crippen LogP contribution in [0.2, 0.25) is 0 Å². The summed E-state index contributed by atoms with van der Waals surface area (Å²) < 4.78 is 56.5.